The standard InChI is InChI=1S/C29H28N2O7/c1-36-22-14-12-21(13-15-22)29(19-8-4-2-5-9-19,20-10-6-3-7-11-20)37-18-23-25(33)26(34)27(38-23)31-17-16-24(32)30-28(31)35/h2-17,23,25-27,33-34H,18H2,1H3,(H,30,32,35)/t23-,25+,26-,27+/m0/s1. The molecule has 0 aliphatic carbocycles. The molecular formula is C29H28N2O7. The summed E-state index contributed by atoms with van der Waals surface area (Å²) in [4.78, 5) is 25.9. The van der Waals surface area contributed by atoms with Crippen molar-refractivity contribution in [3.05, 3.63) is 135 Å². The Morgan fingerprint density at radius 3 is 1.97 bits per heavy atom. The topological polar surface area (TPSA) is 123 Å². The molecule has 0 bridgehead atoms. The van der Waals surface area contributed by atoms with Crippen molar-refractivity contribution in [2.45, 2.75) is 30.1 Å². The zero-order chi connectivity index (χ0) is 26.7. The number of aromatic nitrogens is 2. The van der Waals surface area contributed by atoms with E-state index in [4.69, 9.17) is 14.2 Å². The number of nitrogens with one attached hydrogen (secondary N) is 1. The van der Waals surface area contributed by atoms with Gasteiger partial charge in [0.2, 0.25) is 0 Å². The maximum absolute atomic E-state index is 12.3. The lowest BCUT2D eigenvalue weighted by atomic mass is 9.80. The fourth-order valence-corrected chi connectivity index (χ4v) is 4.85. The first-order valence-corrected chi connectivity index (χ1v) is 12.2. The Morgan fingerprint density at radius 2 is 1.42 bits per heavy atom. The smallest absolute Gasteiger partial charge is 0.330 e. The average molecular weight is 517 g/mol. The minimum Gasteiger partial charge on any atom is -0.497 e. The van der Waals surface area contributed by atoms with Crippen LogP contribution in [0.4, 0.5) is 0 Å². The molecule has 1 fully saturated rings. The van der Waals surface area contributed by atoms with Crippen molar-refractivity contribution in [3.63, 3.8) is 0 Å². The van der Waals surface area contributed by atoms with E-state index in [-0.39, 0.29) is 6.61 Å². The third kappa shape index (κ3) is 4.68. The van der Waals surface area contributed by atoms with Crippen molar-refractivity contribution < 1.29 is 24.4 Å². The molecule has 196 valence electrons. The van der Waals surface area contributed by atoms with Crippen molar-refractivity contribution in [3.8, 4) is 5.75 Å². The van der Waals surface area contributed by atoms with Crippen molar-refractivity contribution in [2.24, 2.45) is 0 Å². The molecule has 0 saturated carbocycles. The average Bonchev–Trinajstić information content (AvgIpc) is 3.23. The molecule has 38 heavy (non-hydrogen) atoms. The summed E-state index contributed by atoms with van der Waals surface area (Å²) < 4.78 is 19.0. The lowest BCUT2D eigenvalue weighted by molar-refractivity contribution is -0.0958. The van der Waals surface area contributed by atoms with Crippen LogP contribution >= 0.6 is 0 Å². The molecule has 0 amide bonds. The number of aromatic amines is 1. The van der Waals surface area contributed by atoms with E-state index >= 15 is 0 Å². The SMILES string of the molecule is COc1ccc(C(OC[C@@H]2O[C@@H](n3ccc(=O)[nH]c3=O)[C@@H](O)[C@@H]2O)(c2ccccc2)c2ccccc2)cc1. The first-order chi connectivity index (χ1) is 18.4. The summed E-state index contributed by atoms with van der Waals surface area (Å²) in [7, 11) is 1.60. The minimum atomic E-state index is -1.42. The van der Waals surface area contributed by atoms with Crippen LogP contribution in [0.2, 0.25) is 0 Å². The summed E-state index contributed by atoms with van der Waals surface area (Å²) >= 11 is 0. The summed E-state index contributed by atoms with van der Waals surface area (Å²) in [5.74, 6) is 0.690. The number of hydrogen-bond acceptors (Lipinski definition) is 7. The molecule has 4 aromatic rings. The third-order valence-electron chi connectivity index (χ3n) is 6.78. The summed E-state index contributed by atoms with van der Waals surface area (Å²) in [5.41, 5.74) is 0.0776. The van der Waals surface area contributed by atoms with Crippen molar-refractivity contribution >= 4 is 0 Å². The number of aliphatic hydroxyl groups is 2. The van der Waals surface area contributed by atoms with Crippen molar-refractivity contribution in [1.82, 2.24) is 9.55 Å². The van der Waals surface area contributed by atoms with Gasteiger partial charge in [0.1, 0.15) is 29.7 Å². The van der Waals surface area contributed by atoms with Crippen LogP contribution in [-0.4, -0.2) is 51.8 Å². The highest BCUT2D eigenvalue weighted by Gasteiger charge is 2.46. The maximum atomic E-state index is 12.3. The minimum absolute atomic E-state index is 0.122. The zero-order valence-corrected chi connectivity index (χ0v) is 20.6. The number of benzene rings is 3. The molecule has 9 nitrogen and oxygen atoms in total. The third-order valence-corrected chi connectivity index (χ3v) is 6.78. The zero-order valence-electron chi connectivity index (χ0n) is 20.6. The molecule has 5 rings (SSSR count). The van der Waals surface area contributed by atoms with E-state index in [1.165, 1.54) is 6.20 Å². The number of ether oxygens (including phenoxy) is 3. The number of rotatable bonds is 8. The molecule has 9 heteroatoms. The van der Waals surface area contributed by atoms with Crippen LogP contribution in [0.5, 0.6) is 5.75 Å². The normalized spacial score (nSPS) is 21.3. The second kappa shape index (κ2) is 10.8. The van der Waals surface area contributed by atoms with Gasteiger partial charge in [0.25, 0.3) is 5.56 Å². The molecule has 1 saturated heterocycles. The molecule has 4 atom stereocenters. The van der Waals surface area contributed by atoms with Crippen LogP contribution < -0.4 is 16.0 Å². The highest BCUT2D eigenvalue weighted by atomic mass is 16.6. The van der Waals surface area contributed by atoms with Gasteiger partial charge in [-0.25, -0.2) is 4.79 Å². The number of methoxy groups -OCH3 is 1. The predicted molar refractivity (Wildman–Crippen MR) is 139 cm³/mol. The predicted octanol–water partition coefficient (Wildman–Crippen LogP) is 2.17. The van der Waals surface area contributed by atoms with E-state index in [0.717, 1.165) is 27.3 Å². The summed E-state index contributed by atoms with van der Waals surface area (Å²) in [6.07, 6.45) is -3.72. The number of aliphatic hydroxyl groups excluding tert-OH is 2. The molecule has 0 unspecified atom stereocenters. The van der Waals surface area contributed by atoms with Crippen LogP contribution in [0.3, 0.4) is 0 Å². The van der Waals surface area contributed by atoms with Gasteiger partial charge in [0.15, 0.2) is 6.23 Å². The molecule has 1 aliphatic rings. The first kappa shape index (κ1) is 25.6. The molecule has 1 aliphatic heterocycles. The van der Waals surface area contributed by atoms with Gasteiger partial charge in [-0.15, -0.1) is 0 Å². The van der Waals surface area contributed by atoms with Crippen LogP contribution in [0, 0.1) is 0 Å². The fraction of sp³-hybridized carbons (Fsp3) is 0.241. The highest BCUT2D eigenvalue weighted by Crippen LogP contribution is 2.42. The van der Waals surface area contributed by atoms with E-state index in [1.807, 2.05) is 84.9 Å². The van der Waals surface area contributed by atoms with Gasteiger partial charge in [-0.3, -0.25) is 14.3 Å². The monoisotopic (exact) mass is 516 g/mol. The first-order valence-electron chi connectivity index (χ1n) is 12.2. The largest absolute Gasteiger partial charge is 0.497 e. The molecule has 3 aromatic carbocycles. The van der Waals surface area contributed by atoms with E-state index in [2.05, 4.69) is 4.98 Å². The summed E-state index contributed by atoms with van der Waals surface area (Å²) in [6.45, 7) is -0.122. The fourth-order valence-electron chi connectivity index (χ4n) is 4.85. The quantitative estimate of drug-likeness (QED) is 0.307. The van der Waals surface area contributed by atoms with E-state index in [1.54, 1.807) is 7.11 Å². The number of nitrogens with zero attached hydrogens (tertiary/aromatic N) is 1. The highest BCUT2D eigenvalue weighted by molar-refractivity contribution is 5.48. The number of H-pyrrole nitrogens is 1. The van der Waals surface area contributed by atoms with Gasteiger partial charge in [-0.05, 0) is 28.8 Å². The van der Waals surface area contributed by atoms with Crippen LogP contribution in [0.25, 0.3) is 0 Å². The second-order valence-corrected chi connectivity index (χ2v) is 9.02. The number of hydrogen-bond donors (Lipinski definition) is 3. The van der Waals surface area contributed by atoms with Crippen LogP contribution in [0.1, 0.15) is 22.9 Å². The Hall–Kier alpha value is -4.02. The van der Waals surface area contributed by atoms with Gasteiger partial charge in [-0.1, -0.05) is 72.8 Å². The lowest BCUT2D eigenvalue weighted by Gasteiger charge is -2.37. The van der Waals surface area contributed by atoms with Gasteiger partial charge in [0, 0.05) is 12.3 Å². The van der Waals surface area contributed by atoms with Gasteiger partial charge >= 0.3 is 5.69 Å². The van der Waals surface area contributed by atoms with Gasteiger partial charge in [0.05, 0.1) is 13.7 Å². The second-order valence-electron chi connectivity index (χ2n) is 9.02. The molecule has 3 N–H and O–H groups in total. The Bertz CT molecular complexity index is 1430. The van der Waals surface area contributed by atoms with Crippen LogP contribution in [0.15, 0.2) is 107 Å². The van der Waals surface area contributed by atoms with Gasteiger partial charge < -0.3 is 24.4 Å². The molecule has 2 heterocycles. The van der Waals surface area contributed by atoms with Crippen LogP contribution in [-0.2, 0) is 15.1 Å². The Balaban J connectivity index is 1.54. The van der Waals surface area contributed by atoms with E-state index in [9.17, 15) is 19.8 Å². The molecule has 1 aromatic heterocycles. The van der Waals surface area contributed by atoms with Gasteiger partial charge in [-0.2, -0.15) is 0 Å². The molecule has 0 radical (unpaired) electrons. The van der Waals surface area contributed by atoms with E-state index < -0.39 is 41.4 Å². The summed E-state index contributed by atoms with van der Waals surface area (Å²) in [6, 6.07) is 28.0. The Morgan fingerprint density at radius 1 is 0.842 bits per heavy atom. The maximum Gasteiger partial charge on any atom is 0.330 e. The molecule has 0 spiro atoms. The van der Waals surface area contributed by atoms with Crippen molar-refractivity contribution in [2.75, 3.05) is 13.7 Å². The van der Waals surface area contributed by atoms with Crippen molar-refractivity contribution in [1.29, 1.82) is 0 Å². The Labute approximate surface area is 218 Å². The molecular weight excluding hydrogens is 488 g/mol. The van der Waals surface area contributed by atoms with E-state index in [0.29, 0.717) is 5.75 Å². The Kier molecular flexibility index (Phi) is 7.26. The summed E-state index contributed by atoms with van der Waals surface area (Å²) in [5, 5.41) is 21.6. The lowest BCUT2D eigenvalue weighted by Crippen LogP contribution is -2.40.